The van der Waals surface area contributed by atoms with E-state index in [0.29, 0.717) is 35.6 Å². The van der Waals surface area contributed by atoms with Gasteiger partial charge in [-0.1, -0.05) is 23.2 Å². The smallest absolute Gasteiger partial charge is 0.263 e. The van der Waals surface area contributed by atoms with Gasteiger partial charge in [0, 0.05) is 31.4 Å². The maximum absolute atomic E-state index is 13.7. The van der Waals surface area contributed by atoms with Gasteiger partial charge in [-0.15, -0.1) is 0 Å². The predicted molar refractivity (Wildman–Crippen MR) is 145 cm³/mol. The summed E-state index contributed by atoms with van der Waals surface area (Å²) < 4.78 is 16.4. The zero-order valence-corrected chi connectivity index (χ0v) is 22.0. The number of rotatable bonds is 6. The number of hydrogen-bond acceptors (Lipinski definition) is 7. The number of halogens is 3. The second kappa shape index (κ2) is 10.2. The summed E-state index contributed by atoms with van der Waals surface area (Å²) in [6, 6.07) is 4.27. The second-order valence-corrected chi connectivity index (χ2v) is 9.97. The number of nitrogens with two attached hydrogens (primary N) is 1. The molecule has 4 heterocycles. The highest BCUT2D eigenvalue weighted by molar-refractivity contribution is 6.34. The molecule has 11 nitrogen and oxygen atoms in total. The minimum absolute atomic E-state index is 0.138. The number of aromatic nitrogens is 4. The number of benzene rings is 1. The van der Waals surface area contributed by atoms with E-state index >= 15 is 0 Å². The summed E-state index contributed by atoms with van der Waals surface area (Å²) in [5.41, 5.74) is 5.90. The Morgan fingerprint density at radius 3 is 2.69 bits per heavy atom. The molecule has 1 fully saturated rings. The zero-order chi connectivity index (χ0) is 28.0. The third-order valence-electron chi connectivity index (χ3n) is 6.46. The molecule has 3 aromatic heterocycles. The van der Waals surface area contributed by atoms with Crippen molar-refractivity contribution in [2.24, 2.45) is 12.8 Å². The summed E-state index contributed by atoms with van der Waals surface area (Å²) in [6.45, 7) is 0.454. The molecule has 39 heavy (non-hydrogen) atoms. The monoisotopic (exact) mass is 573 g/mol. The van der Waals surface area contributed by atoms with Crippen molar-refractivity contribution in [2.45, 2.75) is 19.1 Å². The molecule has 1 aliphatic rings. The van der Waals surface area contributed by atoms with Gasteiger partial charge in [0.25, 0.3) is 11.5 Å². The van der Waals surface area contributed by atoms with Crippen LogP contribution < -0.4 is 21.5 Å². The van der Waals surface area contributed by atoms with Crippen LogP contribution in [-0.2, 0) is 18.4 Å². The number of primary amides is 1. The fourth-order valence-corrected chi connectivity index (χ4v) is 4.88. The van der Waals surface area contributed by atoms with Crippen molar-refractivity contribution in [3.8, 4) is 16.9 Å². The number of anilines is 2. The van der Waals surface area contributed by atoms with Crippen molar-refractivity contribution in [3.05, 3.63) is 62.9 Å². The molecule has 0 aliphatic carbocycles. The van der Waals surface area contributed by atoms with Gasteiger partial charge >= 0.3 is 0 Å². The highest BCUT2D eigenvalue weighted by Gasteiger charge is 2.24. The largest absolute Gasteiger partial charge is 0.506 e. The van der Waals surface area contributed by atoms with Gasteiger partial charge in [-0.05, 0) is 24.1 Å². The van der Waals surface area contributed by atoms with Gasteiger partial charge in [0.05, 0.1) is 45.8 Å². The lowest BCUT2D eigenvalue weighted by molar-refractivity contribution is -0.116. The molecule has 1 aliphatic heterocycles. The fraction of sp³-hybridized carbons (Fsp3) is 0.240. The van der Waals surface area contributed by atoms with Gasteiger partial charge in [0.15, 0.2) is 0 Å². The van der Waals surface area contributed by atoms with E-state index in [-0.39, 0.29) is 39.7 Å². The van der Waals surface area contributed by atoms with Gasteiger partial charge in [0.2, 0.25) is 5.91 Å². The van der Waals surface area contributed by atoms with E-state index in [9.17, 15) is 23.9 Å². The average Bonchev–Trinajstić information content (AvgIpc) is 3.48. The molecule has 1 atom stereocenters. The summed E-state index contributed by atoms with van der Waals surface area (Å²) in [5, 5.41) is 13.1. The zero-order valence-electron chi connectivity index (χ0n) is 20.5. The van der Waals surface area contributed by atoms with E-state index in [2.05, 4.69) is 15.3 Å². The molecule has 0 bridgehead atoms. The molecule has 0 saturated carbocycles. The number of phenols is 1. The number of fused-ring (bicyclic) bond motifs is 1. The van der Waals surface area contributed by atoms with E-state index in [0.717, 1.165) is 0 Å². The van der Waals surface area contributed by atoms with Crippen molar-refractivity contribution in [1.82, 2.24) is 19.1 Å². The van der Waals surface area contributed by atoms with E-state index in [1.807, 2.05) is 0 Å². The number of hydrogen-bond donors (Lipinski definition) is 3. The first-order valence-electron chi connectivity index (χ1n) is 11.7. The molecule has 0 radical (unpaired) electrons. The number of aromatic hydroxyl groups is 1. The van der Waals surface area contributed by atoms with Gasteiger partial charge in [0.1, 0.15) is 29.9 Å². The first kappa shape index (κ1) is 26.4. The molecule has 4 N–H and O–H groups in total. The molecular formula is C25H22Cl2FN7O4. The number of nitrogens with zero attached hydrogens (tertiary/aromatic N) is 5. The lowest BCUT2D eigenvalue weighted by atomic mass is 10.0. The van der Waals surface area contributed by atoms with Crippen LogP contribution in [0.1, 0.15) is 16.8 Å². The van der Waals surface area contributed by atoms with Crippen molar-refractivity contribution in [1.29, 1.82) is 0 Å². The molecule has 1 unspecified atom stereocenters. The third kappa shape index (κ3) is 5.00. The van der Waals surface area contributed by atoms with Crippen LogP contribution in [0.25, 0.3) is 22.2 Å². The molecule has 14 heteroatoms. The van der Waals surface area contributed by atoms with Crippen LogP contribution in [-0.4, -0.2) is 55.3 Å². The normalized spacial score (nSPS) is 15.2. The van der Waals surface area contributed by atoms with Crippen LogP contribution in [0.4, 0.5) is 15.9 Å². The molecule has 5 rings (SSSR count). The van der Waals surface area contributed by atoms with Crippen molar-refractivity contribution in [2.75, 3.05) is 23.3 Å². The Labute approximate surface area is 230 Å². The number of amides is 2. The standard InChI is InChI=1S/C25H22Cl2FN7O4/c1-33-11-31-24-21(25(33)39)15(12-4-14(23(29)38)22(37)16(26)5-12)9-35(24)10-20(36)32-18-6-19(30-7-17(18)27)34-3-2-13(28)8-34/h4-7,9,11,13,37H,2-3,8,10H2,1H3,(H2,29,38)(H,30,32,36). The number of aryl methyl sites for hydroxylation is 1. The van der Waals surface area contributed by atoms with Crippen molar-refractivity contribution in [3.63, 3.8) is 0 Å². The highest BCUT2D eigenvalue weighted by Crippen LogP contribution is 2.36. The predicted octanol–water partition coefficient (Wildman–Crippen LogP) is 3.10. The summed E-state index contributed by atoms with van der Waals surface area (Å²) in [6.07, 6.45) is 3.69. The Balaban J connectivity index is 1.51. The molecule has 4 aromatic rings. The van der Waals surface area contributed by atoms with E-state index in [1.165, 1.54) is 47.0 Å². The molecule has 2 amide bonds. The number of alkyl halides is 1. The third-order valence-corrected chi connectivity index (χ3v) is 7.05. The van der Waals surface area contributed by atoms with E-state index in [4.69, 9.17) is 28.9 Å². The second-order valence-electron chi connectivity index (χ2n) is 9.15. The maximum Gasteiger partial charge on any atom is 0.263 e. The van der Waals surface area contributed by atoms with Crippen LogP contribution in [0.2, 0.25) is 10.0 Å². The minimum atomic E-state index is -0.945. The molecular weight excluding hydrogens is 552 g/mol. The summed E-state index contributed by atoms with van der Waals surface area (Å²) >= 11 is 12.4. The van der Waals surface area contributed by atoms with E-state index in [1.54, 1.807) is 11.0 Å². The Hall–Kier alpha value is -4.16. The Kier molecular flexibility index (Phi) is 6.91. The van der Waals surface area contributed by atoms with Gasteiger partial charge < -0.3 is 30.2 Å². The van der Waals surface area contributed by atoms with Crippen LogP contribution >= 0.6 is 23.2 Å². The number of nitrogens with one attached hydrogen (secondary N) is 1. The number of carbonyl (C=O) groups excluding carboxylic acids is 2. The lowest BCUT2D eigenvalue weighted by Gasteiger charge is -2.18. The molecule has 1 saturated heterocycles. The Morgan fingerprint density at radius 1 is 1.23 bits per heavy atom. The van der Waals surface area contributed by atoms with Crippen LogP contribution in [0.3, 0.4) is 0 Å². The summed E-state index contributed by atoms with van der Waals surface area (Å²) in [5.74, 6) is -1.38. The van der Waals surface area contributed by atoms with Crippen molar-refractivity contribution >= 4 is 57.6 Å². The topological polar surface area (TPSA) is 148 Å². The van der Waals surface area contributed by atoms with Crippen LogP contribution in [0, 0.1) is 0 Å². The fourth-order valence-electron chi connectivity index (χ4n) is 4.51. The Morgan fingerprint density at radius 2 is 2.00 bits per heavy atom. The molecule has 1 aromatic carbocycles. The highest BCUT2D eigenvalue weighted by atomic mass is 35.5. The lowest BCUT2D eigenvalue weighted by Crippen LogP contribution is -2.22. The summed E-state index contributed by atoms with van der Waals surface area (Å²) in [4.78, 5) is 48.4. The van der Waals surface area contributed by atoms with Crippen molar-refractivity contribution < 1.29 is 19.1 Å². The molecule has 0 spiro atoms. The quantitative estimate of drug-likeness (QED) is 0.321. The SMILES string of the molecule is Cn1cnc2c(c(-c3cc(Cl)c(O)c(C(N)=O)c3)cn2CC(=O)Nc2cc(N3CCC(F)C3)ncc2Cl)c1=O. The molecule has 202 valence electrons. The average molecular weight is 574 g/mol. The summed E-state index contributed by atoms with van der Waals surface area (Å²) in [7, 11) is 1.52. The van der Waals surface area contributed by atoms with E-state index < -0.39 is 29.3 Å². The van der Waals surface area contributed by atoms with Gasteiger partial charge in [-0.3, -0.25) is 14.4 Å². The first-order chi connectivity index (χ1) is 18.5. The van der Waals surface area contributed by atoms with Gasteiger partial charge in [-0.25, -0.2) is 14.4 Å². The number of carbonyl (C=O) groups is 2. The van der Waals surface area contributed by atoms with Gasteiger partial charge in [-0.2, -0.15) is 0 Å². The minimum Gasteiger partial charge on any atom is -0.506 e. The van der Waals surface area contributed by atoms with Crippen LogP contribution in [0.5, 0.6) is 5.75 Å². The van der Waals surface area contributed by atoms with Crippen LogP contribution in [0.15, 0.2) is 41.7 Å². The number of pyridine rings is 1. The maximum atomic E-state index is 13.7. The Bertz CT molecular complexity index is 1700. The first-order valence-corrected chi connectivity index (χ1v) is 12.5.